The van der Waals surface area contributed by atoms with E-state index >= 15 is 0 Å². The lowest BCUT2D eigenvalue weighted by Crippen LogP contribution is -2.27. The largest absolute Gasteiger partial charge is 0.497 e. The predicted octanol–water partition coefficient (Wildman–Crippen LogP) is 5.00. The van der Waals surface area contributed by atoms with Gasteiger partial charge in [-0.3, -0.25) is 9.36 Å². The number of nitrogens with zero attached hydrogens (tertiary/aromatic N) is 4. The Balaban J connectivity index is 1.52. The average Bonchev–Trinajstić information content (AvgIpc) is 3.27. The Bertz CT molecular complexity index is 1220. The van der Waals surface area contributed by atoms with Crippen LogP contribution in [0.1, 0.15) is 11.1 Å². The molecule has 0 radical (unpaired) electrons. The first-order valence-electron chi connectivity index (χ1n) is 10.6. The van der Waals surface area contributed by atoms with E-state index in [2.05, 4.69) is 29.3 Å². The molecular weight excluding hydrogens is 432 g/mol. The SMILES string of the molecule is COc1ccc(CN(C)C(=O)CSc2nnc(-c3ccccc3)n2-c2cccc(C)c2)cc1. The second-order valence-corrected chi connectivity index (χ2v) is 8.68. The third-order valence-electron chi connectivity index (χ3n) is 5.25. The molecule has 0 atom stereocenters. The van der Waals surface area contributed by atoms with E-state index in [1.165, 1.54) is 11.8 Å². The number of rotatable bonds is 8. The van der Waals surface area contributed by atoms with Gasteiger partial charge in [-0.25, -0.2) is 0 Å². The van der Waals surface area contributed by atoms with Gasteiger partial charge in [-0.15, -0.1) is 10.2 Å². The Labute approximate surface area is 198 Å². The number of ether oxygens (including phenoxy) is 1. The quantitative estimate of drug-likeness (QED) is 0.348. The highest BCUT2D eigenvalue weighted by molar-refractivity contribution is 7.99. The van der Waals surface area contributed by atoms with Crippen LogP contribution in [-0.2, 0) is 11.3 Å². The molecule has 0 aliphatic rings. The lowest BCUT2D eigenvalue weighted by molar-refractivity contribution is -0.127. The van der Waals surface area contributed by atoms with Crippen molar-refractivity contribution in [1.82, 2.24) is 19.7 Å². The van der Waals surface area contributed by atoms with Gasteiger partial charge in [0.05, 0.1) is 12.9 Å². The topological polar surface area (TPSA) is 60.2 Å². The number of hydrogen-bond donors (Lipinski definition) is 0. The Kier molecular flexibility index (Phi) is 7.10. The summed E-state index contributed by atoms with van der Waals surface area (Å²) in [6, 6.07) is 25.9. The molecule has 0 spiro atoms. The number of hydrogen-bond acceptors (Lipinski definition) is 5. The molecular formula is C26H26N4O2S. The van der Waals surface area contributed by atoms with E-state index in [1.54, 1.807) is 12.0 Å². The first-order chi connectivity index (χ1) is 16.0. The van der Waals surface area contributed by atoms with Crippen LogP contribution in [0.15, 0.2) is 84.0 Å². The summed E-state index contributed by atoms with van der Waals surface area (Å²) in [6.07, 6.45) is 0. The summed E-state index contributed by atoms with van der Waals surface area (Å²) in [7, 11) is 3.45. The Morgan fingerprint density at radius 3 is 2.45 bits per heavy atom. The highest BCUT2D eigenvalue weighted by atomic mass is 32.2. The third-order valence-corrected chi connectivity index (χ3v) is 6.17. The van der Waals surface area contributed by atoms with E-state index in [9.17, 15) is 4.79 Å². The van der Waals surface area contributed by atoms with E-state index < -0.39 is 0 Å². The van der Waals surface area contributed by atoms with E-state index in [1.807, 2.05) is 78.3 Å². The summed E-state index contributed by atoms with van der Waals surface area (Å²) < 4.78 is 7.22. The van der Waals surface area contributed by atoms with Gasteiger partial charge in [0.1, 0.15) is 5.75 Å². The second kappa shape index (κ2) is 10.4. The summed E-state index contributed by atoms with van der Waals surface area (Å²) in [6.45, 7) is 2.59. The van der Waals surface area contributed by atoms with Gasteiger partial charge in [-0.2, -0.15) is 0 Å². The van der Waals surface area contributed by atoms with Crippen molar-refractivity contribution in [2.75, 3.05) is 19.9 Å². The molecule has 7 heteroatoms. The molecule has 0 aliphatic carbocycles. The van der Waals surface area contributed by atoms with Crippen molar-refractivity contribution < 1.29 is 9.53 Å². The fourth-order valence-corrected chi connectivity index (χ4v) is 4.36. The Morgan fingerprint density at radius 1 is 1.00 bits per heavy atom. The van der Waals surface area contributed by atoms with Gasteiger partial charge in [0.2, 0.25) is 5.91 Å². The molecule has 0 bridgehead atoms. The van der Waals surface area contributed by atoms with Crippen LogP contribution in [0.25, 0.3) is 17.1 Å². The normalized spacial score (nSPS) is 10.8. The van der Waals surface area contributed by atoms with Crippen molar-refractivity contribution in [1.29, 1.82) is 0 Å². The minimum Gasteiger partial charge on any atom is -0.497 e. The van der Waals surface area contributed by atoms with Crippen LogP contribution in [0.2, 0.25) is 0 Å². The average molecular weight is 459 g/mol. The number of aromatic nitrogens is 3. The number of carbonyl (C=O) groups excluding carboxylic acids is 1. The van der Waals surface area contributed by atoms with Crippen LogP contribution in [-0.4, -0.2) is 45.5 Å². The van der Waals surface area contributed by atoms with E-state index in [0.29, 0.717) is 11.7 Å². The number of aryl methyl sites for hydroxylation is 1. The van der Waals surface area contributed by atoms with Crippen LogP contribution in [0.3, 0.4) is 0 Å². The summed E-state index contributed by atoms with van der Waals surface area (Å²) in [5.74, 6) is 1.84. The van der Waals surface area contributed by atoms with Crippen LogP contribution < -0.4 is 4.74 Å². The van der Waals surface area contributed by atoms with Crippen molar-refractivity contribution in [2.45, 2.75) is 18.6 Å². The van der Waals surface area contributed by atoms with Crippen LogP contribution >= 0.6 is 11.8 Å². The minimum atomic E-state index is 0.0240. The molecule has 0 unspecified atom stereocenters. The molecule has 4 aromatic rings. The van der Waals surface area contributed by atoms with Gasteiger partial charge < -0.3 is 9.64 Å². The molecule has 1 heterocycles. The molecule has 1 amide bonds. The van der Waals surface area contributed by atoms with Crippen molar-refractivity contribution in [3.8, 4) is 22.8 Å². The van der Waals surface area contributed by atoms with Crippen molar-refractivity contribution in [3.05, 3.63) is 90.0 Å². The van der Waals surface area contributed by atoms with Gasteiger partial charge in [-0.05, 0) is 42.3 Å². The maximum absolute atomic E-state index is 12.8. The standard InChI is InChI=1S/C26H26N4O2S/c1-19-8-7-11-22(16-19)30-25(21-9-5-4-6-10-21)27-28-26(30)33-18-24(31)29(2)17-20-12-14-23(32-3)15-13-20/h4-16H,17-18H2,1-3H3. The molecule has 1 aromatic heterocycles. The fraction of sp³-hybridized carbons (Fsp3) is 0.192. The van der Waals surface area contributed by atoms with Gasteiger partial charge in [-0.1, -0.05) is 66.4 Å². The number of amides is 1. The molecule has 168 valence electrons. The molecule has 33 heavy (non-hydrogen) atoms. The summed E-state index contributed by atoms with van der Waals surface area (Å²) in [5, 5.41) is 9.56. The highest BCUT2D eigenvalue weighted by Crippen LogP contribution is 2.28. The maximum atomic E-state index is 12.8. The number of methoxy groups -OCH3 is 1. The zero-order valence-corrected chi connectivity index (χ0v) is 19.7. The first-order valence-corrected chi connectivity index (χ1v) is 11.6. The Morgan fingerprint density at radius 2 is 1.76 bits per heavy atom. The molecule has 0 saturated heterocycles. The van der Waals surface area contributed by atoms with Crippen molar-refractivity contribution in [2.24, 2.45) is 0 Å². The molecule has 0 N–H and O–H groups in total. The predicted molar refractivity (Wildman–Crippen MR) is 132 cm³/mol. The molecule has 6 nitrogen and oxygen atoms in total. The fourth-order valence-electron chi connectivity index (χ4n) is 3.47. The lowest BCUT2D eigenvalue weighted by Gasteiger charge is -2.17. The van der Waals surface area contributed by atoms with E-state index in [4.69, 9.17) is 4.74 Å². The van der Waals surface area contributed by atoms with Crippen LogP contribution in [0.5, 0.6) is 5.75 Å². The van der Waals surface area contributed by atoms with Crippen LogP contribution in [0.4, 0.5) is 0 Å². The molecule has 0 fully saturated rings. The first kappa shape index (κ1) is 22.6. The van der Waals surface area contributed by atoms with Gasteiger partial charge in [0, 0.05) is 24.8 Å². The summed E-state index contributed by atoms with van der Waals surface area (Å²) in [4.78, 5) is 14.6. The smallest absolute Gasteiger partial charge is 0.233 e. The van der Waals surface area contributed by atoms with Crippen LogP contribution in [0, 0.1) is 6.92 Å². The summed E-state index contributed by atoms with van der Waals surface area (Å²) >= 11 is 1.39. The van der Waals surface area contributed by atoms with E-state index in [0.717, 1.165) is 34.0 Å². The number of thioether (sulfide) groups is 1. The second-order valence-electron chi connectivity index (χ2n) is 7.73. The molecule has 4 rings (SSSR count). The highest BCUT2D eigenvalue weighted by Gasteiger charge is 2.18. The minimum absolute atomic E-state index is 0.0240. The monoisotopic (exact) mass is 458 g/mol. The number of carbonyl (C=O) groups is 1. The van der Waals surface area contributed by atoms with Gasteiger partial charge >= 0.3 is 0 Å². The molecule has 0 aliphatic heterocycles. The lowest BCUT2D eigenvalue weighted by atomic mass is 10.2. The molecule has 3 aromatic carbocycles. The van der Waals surface area contributed by atoms with Gasteiger partial charge in [0.15, 0.2) is 11.0 Å². The van der Waals surface area contributed by atoms with E-state index in [-0.39, 0.29) is 11.7 Å². The van der Waals surface area contributed by atoms with Crippen molar-refractivity contribution >= 4 is 17.7 Å². The van der Waals surface area contributed by atoms with Crippen molar-refractivity contribution in [3.63, 3.8) is 0 Å². The zero-order valence-electron chi connectivity index (χ0n) is 18.9. The zero-order chi connectivity index (χ0) is 23.2. The maximum Gasteiger partial charge on any atom is 0.233 e. The number of benzene rings is 3. The molecule has 0 saturated carbocycles. The summed E-state index contributed by atoms with van der Waals surface area (Å²) in [5.41, 5.74) is 4.14. The van der Waals surface area contributed by atoms with Gasteiger partial charge in [0.25, 0.3) is 0 Å². The Hall–Kier alpha value is -3.58. The third kappa shape index (κ3) is 5.43.